The molecule has 2 N–H and O–H groups in total. The zero-order valence-electron chi connectivity index (χ0n) is 15.6. The SMILES string of the molecule is CCC(=O)C12C=C3C=CC(=N3)C=c3ccc([nH]3)=CC3=NC(=CC(=CC1)N2)C=C3. The maximum atomic E-state index is 12.8. The van der Waals surface area contributed by atoms with Crippen LogP contribution in [-0.2, 0) is 4.79 Å². The van der Waals surface area contributed by atoms with Crippen LogP contribution in [0.1, 0.15) is 19.8 Å². The zero-order chi connectivity index (χ0) is 19.1. The van der Waals surface area contributed by atoms with E-state index in [1.807, 2.05) is 67.7 Å². The molecule has 1 unspecified atom stereocenters. The lowest BCUT2D eigenvalue weighted by molar-refractivity contribution is -0.122. The summed E-state index contributed by atoms with van der Waals surface area (Å²) in [7, 11) is 0. The van der Waals surface area contributed by atoms with E-state index in [0.29, 0.717) is 12.8 Å². The number of allylic oxidation sites excluding steroid dienone is 5. The number of nitrogens with one attached hydrogen (secondary N) is 2. The molecule has 1 aromatic rings. The van der Waals surface area contributed by atoms with Crippen molar-refractivity contribution in [1.82, 2.24) is 10.3 Å². The minimum Gasteiger partial charge on any atom is -0.370 e. The second kappa shape index (κ2) is 6.30. The molecule has 0 aliphatic carbocycles. The second-order valence-corrected chi connectivity index (χ2v) is 7.27. The van der Waals surface area contributed by atoms with Crippen molar-refractivity contribution in [2.45, 2.75) is 25.3 Å². The summed E-state index contributed by atoms with van der Waals surface area (Å²) in [6, 6.07) is 4.05. The molecule has 5 nitrogen and oxygen atoms in total. The Balaban J connectivity index is 1.67. The number of H-pyrrole nitrogens is 1. The number of hydrogen-bond donors (Lipinski definition) is 2. The molecular formula is C23H20N4O. The van der Waals surface area contributed by atoms with Crippen LogP contribution in [0.25, 0.3) is 12.2 Å². The highest BCUT2D eigenvalue weighted by atomic mass is 16.1. The van der Waals surface area contributed by atoms with Gasteiger partial charge < -0.3 is 10.3 Å². The summed E-state index contributed by atoms with van der Waals surface area (Å²) < 4.78 is 0. The number of hydrogen-bond acceptors (Lipinski definition) is 4. The van der Waals surface area contributed by atoms with Gasteiger partial charge >= 0.3 is 0 Å². The molecule has 8 bridgehead atoms. The molecule has 5 rings (SSSR count). The van der Waals surface area contributed by atoms with Crippen LogP contribution in [0.4, 0.5) is 0 Å². The van der Waals surface area contributed by atoms with E-state index in [1.165, 1.54) is 0 Å². The van der Waals surface area contributed by atoms with Gasteiger partial charge in [0.25, 0.3) is 0 Å². The normalized spacial score (nSPS) is 24.4. The number of carbonyl (C=O) groups excluding carboxylic acids is 1. The Labute approximate surface area is 162 Å². The smallest absolute Gasteiger partial charge is 0.162 e. The van der Waals surface area contributed by atoms with E-state index in [2.05, 4.69) is 26.4 Å². The van der Waals surface area contributed by atoms with Crippen molar-refractivity contribution in [3.8, 4) is 0 Å². The molecule has 0 radical (unpaired) electrons. The van der Waals surface area contributed by atoms with Gasteiger partial charge in [-0.25, -0.2) is 9.98 Å². The fourth-order valence-electron chi connectivity index (χ4n) is 3.84. The summed E-state index contributed by atoms with van der Waals surface area (Å²) in [5, 5.41) is 5.40. The Bertz CT molecular complexity index is 1210. The van der Waals surface area contributed by atoms with Crippen molar-refractivity contribution in [3.63, 3.8) is 0 Å². The highest BCUT2D eigenvalue weighted by Crippen LogP contribution is 2.29. The molecule has 5 heterocycles. The van der Waals surface area contributed by atoms with Gasteiger partial charge in [0.15, 0.2) is 5.78 Å². The van der Waals surface area contributed by atoms with Crippen LogP contribution < -0.4 is 16.0 Å². The van der Waals surface area contributed by atoms with Gasteiger partial charge in [0, 0.05) is 29.2 Å². The van der Waals surface area contributed by atoms with Crippen molar-refractivity contribution >= 4 is 29.4 Å². The minimum atomic E-state index is -0.753. The Morgan fingerprint density at radius 2 is 1.68 bits per heavy atom. The third-order valence-electron chi connectivity index (χ3n) is 5.23. The summed E-state index contributed by atoms with van der Waals surface area (Å²) in [6.07, 6.45) is 19.0. The standard InChI is InChI=1S/C23H20N4O/c1-2-22(28)23-10-9-20(27-23)13-19-6-5-16(25-19)11-15-3-4-17(24-15)12-18-7-8-21(14-23)26-18/h3-9,11-14,24,27H,2,10H2,1H3. The van der Waals surface area contributed by atoms with Crippen LogP contribution in [0.5, 0.6) is 0 Å². The third kappa shape index (κ3) is 2.95. The third-order valence-corrected chi connectivity index (χ3v) is 5.23. The van der Waals surface area contributed by atoms with E-state index in [4.69, 9.17) is 0 Å². The average molecular weight is 368 g/mol. The topological polar surface area (TPSA) is 69.6 Å². The van der Waals surface area contributed by atoms with Crippen molar-refractivity contribution < 1.29 is 4.79 Å². The Kier molecular flexibility index (Phi) is 3.76. The molecule has 0 amide bonds. The number of ketones is 1. The Hall–Kier alpha value is -3.47. The van der Waals surface area contributed by atoms with E-state index in [-0.39, 0.29) is 5.78 Å². The monoisotopic (exact) mass is 368 g/mol. The number of Topliss-reactive ketones (excluding diaryl/α,β-unsaturated/α-hetero) is 1. The predicted molar refractivity (Wildman–Crippen MR) is 112 cm³/mol. The average Bonchev–Trinajstić information content (AvgIpc) is 3.46. The number of nitrogens with zero attached hydrogens (tertiary/aromatic N) is 2. The van der Waals surface area contributed by atoms with Crippen LogP contribution in [0.2, 0.25) is 0 Å². The molecule has 0 fully saturated rings. The van der Waals surface area contributed by atoms with Crippen LogP contribution in [0.15, 0.2) is 81.7 Å². The molecule has 28 heavy (non-hydrogen) atoms. The lowest BCUT2D eigenvalue weighted by Gasteiger charge is -2.26. The summed E-state index contributed by atoms with van der Waals surface area (Å²) in [5.74, 6) is 0.153. The fraction of sp³-hybridized carbons (Fsp3) is 0.174. The van der Waals surface area contributed by atoms with Crippen molar-refractivity contribution in [2.75, 3.05) is 0 Å². The van der Waals surface area contributed by atoms with Gasteiger partial charge in [-0.1, -0.05) is 13.0 Å². The number of aliphatic imine (C=N–C) groups is 2. The quantitative estimate of drug-likeness (QED) is 0.838. The number of aromatic nitrogens is 1. The number of aromatic amines is 1. The summed E-state index contributed by atoms with van der Waals surface area (Å²) in [5.41, 5.74) is 3.57. The molecule has 1 atom stereocenters. The molecule has 4 aliphatic rings. The first-order valence-electron chi connectivity index (χ1n) is 9.50. The van der Waals surface area contributed by atoms with Crippen LogP contribution >= 0.6 is 0 Å². The highest BCUT2D eigenvalue weighted by Gasteiger charge is 2.38. The van der Waals surface area contributed by atoms with Gasteiger partial charge in [0.2, 0.25) is 0 Å². The molecule has 138 valence electrons. The van der Waals surface area contributed by atoms with Crippen LogP contribution in [0, 0.1) is 0 Å². The zero-order valence-corrected chi connectivity index (χ0v) is 15.6. The van der Waals surface area contributed by atoms with Gasteiger partial charge in [-0.3, -0.25) is 4.79 Å². The molecule has 4 aliphatic heterocycles. The largest absolute Gasteiger partial charge is 0.370 e. The summed E-state index contributed by atoms with van der Waals surface area (Å²) >= 11 is 0. The molecule has 5 heteroatoms. The predicted octanol–water partition coefficient (Wildman–Crippen LogP) is 1.97. The maximum Gasteiger partial charge on any atom is 0.162 e. The van der Waals surface area contributed by atoms with E-state index < -0.39 is 5.54 Å². The lowest BCUT2D eigenvalue weighted by Crippen LogP contribution is -2.46. The Morgan fingerprint density at radius 3 is 2.39 bits per heavy atom. The molecule has 0 saturated heterocycles. The number of rotatable bonds is 2. The Morgan fingerprint density at radius 1 is 1.00 bits per heavy atom. The highest BCUT2D eigenvalue weighted by molar-refractivity contribution is 6.20. The first-order chi connectivity index (χ1) is 13.6. The molecule has 1 aromatic heterocycles. The van der Waals surface area contributed by atoms with E-state index in [1.54, 1.807) is 0 Å². The first-order valence-corrected chi connectivity index (χ1v) is 9.50. The number of carbonyl (C=O) groups is 1. The van der Waals surface area contributed by atoms with Crippen molar-refractivity contribution in [1.29, 1.82) is 0 Å². The second-order valence-electron chi connectivity index (χ2n) is 7.27. The van der Waals surface area contributed by atoms with E-state index in [9.17, 15) is 4.79 Å². The molecule has 0 aromatic carbocycles. The lowest BCUT2D eigenvalue weighted by atomic mass is 9.89. The van der Waals surface area contributed by atoms with Gasteiger partial charge in [-0.05, 0) is 60.7 Å². The summed E-state index contributed by atoms with van der Waals surface area (Å²) in [4.78, 5) is 25.5. The minimum absolute atomic E-state index is 0.153. The van der Waals surface area contributed by atoms with Crippen LogP contribution in [-0.4, -0.2) is 27.7 Å². The van der Waals surface area contributed by atoms with Crippen molar-refractivity contribution in [3.05, 3.63) is 82.5 Å². The molecule has 0 saturated carbocycles. The molecule has 0 spiro atoms. The van der Waals surface area contributed by atoms with Gasteiger partial charge in [-0.2, -0.15) is 0 Å². The fourth-order valence-corrected chi connectivity index (χ4v) is 3.84. The van der Waals surface area contributed by atoms with Crippen LogP contribution in [0.3, 0.4) is 0 Å². The van der Waals surface area contributed by atoms with Gasteiger partial charge in [0.1, 0.15) is 5.54 Å². The molecular weight excluding hydrogens is 348 g/mol. The van der Waals surface area contributed by atoms with Gasteiger partial charge in [0.05, 0.1) is 22.8 Å². The van der Waals surface area contributed by atoms with Gasteiger partial charge in [-0.15, -0.1) is 0 Å². The van der Waals surface area contributed by atoms with Crippen molar-refractivity contribution in [2.24, 2.45) is 9.98 Å². The summed E-state index contributed by atoms with van der Waals surface area (Å²) in [6.45, 7) is 1.90. The number of fused-ring (bicyclic) bond motifs is 6. The first kappa shape index (κ1) is 16.7. The van der Waals surface area contributed by atoms with E-state index in [0.717, 1.165) is 39.2 Å². The maximum absolute atomic E-state index is 12.8. The van der Waals surface area contributed by atoms with E-state index >= 15 is 0 Å².